The Balaban J connectivity index is 1.68. The number of nitrogens with one attached hydrogen (secondary N) is 1. The molecule has 2 unspecified atom stereocenters. The molecule has 1 fully saturated rings. The summed E-state index contributed by atoms with van der Waals surface area (Å²) in [6.07, 6.45) is 5.31. The van der Waals surface area contributed by atoms with E-state index in [4.69, 9.17) is 5.73 Å². The summed E-state index contributed by atoms with van der Waals surface area (Å²) >= 11 is 0. The Morgan fingerprint density at radius 3 is 2.27 bits per heavy atom. The van der Waals surface area contributed by atoms with Crippen molar-refractivity contribution in [3.63, 3.8) is 0 Å². The summed E-state index contributed by atoms with van der Waals surface area (Å²) < 4.78 is 0. The summed E-state index contributed by atoms with van der Waals surface area (Å²) in [5.74, 6) is 1.15. The highest BCUT2D eigenvalue weighted by Crippen LogP contribution is 2.38. The molecule has 0 amide bonds. The predicted molar refractivity (Wildman–Crippen MR) is 120 cm³/mol. The molecule has 0 aromatic heterocycles. The molecule has 1 saturated heterocycles. The summed E-state index contributed by atoms with van der Waals surface area (Å²) in [5, 5.41) is 13.0. The van der Waals surface area contributed by atoms with Crippen LogP contribution in [0.5, 0.6) is 0 Å². The van der Waals surface area contributed by atoms with Crippen LogP contribution in [0.25, 0.3) is 0 Å². The second-order valence-electron chi connectivity index (χ2n) is 8.40. The maximum Gasteiger partial charge on any atom is 0.118 e. The molecule has 0 saturated carbocycles. The van der Waals surface area contributed by atoms with Crippen molar-refractivity contribution in [1.29, 1.82) is 5.26 Å². The molecule has 2 heterocycles. The van der Waals surface area contributed by atoms with Crippen molar-refractivity contribution in [1.82, 2.24) is 15.1 Å². The van der Waals surface area contributed by atoms with Crippen LogP contribution in [0.2, 0.25) is 0 Å². The first-order valence-electron chi connectivity index (χ1n) is 10.9. The normalized spacial score (nSPS) is 22.3. The lowest BCUT2D eigenvalue weighted by Crippen LogP contribution is -2.48. The zero-order valence-corrected chi connectivity index (χ0v) is 17.9. The number of nitriles is 1. The van der Waals surface area contributed by atoms with Crippen LogP contribution in [-0.2, 0) is 6.42 Å². The summed E-state index contributed by atoms with van der Waals surface area (Å²) in [4.78, 5) is 4.73. The van der Waals surface area contributed by atoms with Crippen LogP contribution < -0.4 is 11.1 Å². The number of likely N-dealkylation sites (tertiary alicyclic amines) is 1. The van der Waals surface area contributed by atoms with Gasteiger partial charge in [0.15, 0.2) is 0 Å². The molecule has 2 aromatic rings. The van der Waals surface area contributed by atoms with E-state index < -0.39 is 0 Å². The molecule has 5 heteroatoms. The number of nitrogens with two attached hydrogens (primary N) is 1. The third-order valence-electron chi connectivity index (χ3n) is 6.39. The van der Waals surface area contributed by atoms with Gasteiger partial charge >= 0.3 is 0 Å². The zero-order chi connectivity index (χ0) is 21.1. The second kappa shape index (κ2) is 8.81. The van der Waals surface area contributed by atoms with E-state index in [0.29, 0.717) is 11.6 Å². The third-order valence-corrected chi connectivity index (χ3v) is 6.39. The minimum absolute atomic E-state index is 0.0887. The Hall–Kier alpha value is -2.97. The molecule has 2 aliphatic heterocycles. The lowest BCUT2D eigenvalue weighted by Gasteiger charge is -2.45. The molecule has 3 N–H and O–H groups in total. The summed E-state index contributed by atoms with van der Waals surface area (Å²) in [5.41, 5.74) is 10.6. The maximum absolute atomic E-state index is 9.19. The van der Waals surface area contributed by atoms with Gasteiger partial charge in [-0.05, 0) is 48.1 Å². The molecule has 2 atom stereocenters. The Morgan fingerprint density at radius 1 is 1.03 bits per heavy atom. The first-order chi connectivity index (χ1) is 14.6. The van der Waals surface area contributed by atoms with Gasteiger partial charge in [0, 0.05) is 32.4 Å². The summed E-state index contributed by atoms with van der Waals surface area (Å²) in [6, 6.07) is 19.7. The number of nitrogens with zero attached hydrogens (tertiary/aromatic N) is 3. The van der Waals surface area contributed by atoms with Crippen molar-refractivity contribution in [3.05, 3.63) is 82.8 Å². The molecular formula is C25H31N5. The Bertz CT molecular complexity index is 918. The quantitative estimate of drug-likeness (QED) is 0.818. The van der Waals surface area contributed by atoms with E-state index in [-0.39, 0.29) is 12.1 Å². The highest BCUT2D eigenvalue weighted by Gasteiger charge is 2.33. The fourth-order valence-electron chi connectivity index (χ4n) is 4.51. The van der Waals surface area contributed by atoms with Crippen molar-refractivity contribution < 1.29 is 0 Å². The Morgan fingerprint density at radius 2 is 1.67 bits per heavy atom. The number of piperidine rings is 1. The number of rotatable bonds is 4. The summed E-state index contributed by atoms with van der Waals surface area (Å²) in [6.45, 7) is 4.13. The highest BCUT2D eigenvalue weighted by atomic mass is 15.3. The van der Waals surface area contributed by atoms with Crippen LogP contribution >= 0.6 is 0 Å². The molecular weight excluding hydrogens is 370 g/mol. The van der Waals surface area contributed by atoms with Crippen molar-refractivity contribution in [2.75, 3.05) is 20.1 Å². The minimum Gasteiger partial charge on any atom is -0.368 e. The molecule has 0 spiro atoms. The van der Waals surface area contributed by atoms with Crippen LogP contribution in [0.4, 0.5) is 0 Å². The Labute approximate surface area is 179 Å². The van der Waals surface area contributed by atoms with E-state index in [2.05, 4.69) is 77.8 Å². The molecule has 2 aliphatic rings. The fraction of sp³-hybridized carbons (Fsp3) is 0.400. The van der Waals surface area contributed by atoms with E-state index >= 15 is 0 Å². The average Bonchev–Trinajstić information content (AvgIpc) is 2.79. The van der Waals surface area contributed by atoms with Crippen LogP contribution in [0.15, 0.2) is 60.6 Å². The van der Waals surface area contributed by atoms with E-state index in [9.17, 15) is 5.26 Å². The van der Waals surface area contributed by atoms with Crippen molar-refractivity contribution in [2.45, 2.75) is 44.3 Å². The van der Waals surface area contributed by atoms with Gasteiger partial charge in [-0.3, -0.25) is 0 Å². The SMILES string of the molecule is CCc1ccc(C2C(c3ccc(C#N)cc3)NC(N3CCC(N)CC3)=CN2C)cc1. The molecule has 0 radical (unpaired) electrons. The molecule has 4 rings (SSSR count). The molecule has 156 valence electrons. The van der Waals surface area contributed by atoms with Gasteiger partial charge in [-0.25, -0.2) is 0 Å². The highest BCUT2D eigenvalue weighted by molar-refractivity contribution is 5.37. The topological polar surface area (TPSA) is 68.3 Å². The van der Waals surface area contributed by atoms with Crippen LogP contribution in [0, 0.1) is 11.3 Å². The number of hydrogen-bond donors (Lipinski definition) is 2. The number of benzene rings is 2. The maximum atomic E-state index is 9.19. The van der Waals surface area contributed by atoms with Gasteiger partial charge in [0.05, 0.1) is 23.7 Å². The van der Waals surface area contributed by atoms with Crippen molar-refractivity contribution in [2.24, 2.45) is 5.73 Å². The fourth-order valence-corrected chi connectivity index (χ4v) is 4.51. The van der Waals surface area contributed by atoms with E-state index in [0.717, 1.165) is 38.2 Å². The van der Waals surface area contributed by atoms with Gasteiger partial charge in [-0.1, -0.05) is 43.3 Å². The van der Waals surface area contributed by atoms with Gasteiger partial charge in [-0.2, -0.15) is 5.26 Å². The van der Waals surface area contributed by atoms with Crippen LogP contribution in [0.3, 0.4) is 0 Å². The largest absolute Gasteiger partial charge is 0.368 e. The number of hydrogen-bond acceptors (Lipinski definition) is 5. The van der Waals surface area contributed by atoms with Gasteiger partial charge in [0.25, 0.3) is 0 Å². The van der Waals surface area contributed by atoms with Gasteiger partial charge in [-0.15, -0.1) is 0 Å². The third kappa shape index (κ3) is 4.15. The predicted octanol–water partition coefficient (Wildman–Crippen LogP) is 3.66. The smallest absolute Gasteiger partial charge is 0.118 e. The first-order valence-corrected chi connectivity index (χ1v) is 10.9. The van der Waals surface area contributed by atoms with Crippen LogP contribution in [-0.4, -0.2) is 36.0 Å². The monoisotopic (exact) mass is 401 g/mol. The van der Waals surface area contributed by atoms with E-state index in [1.807, 2.05) is 12.1 Å². The number of aryl methyl sites for hydroxylation is 1. The van der Waals surface area contributed by atoms with Crippen molar-refractivity contribution >= 4 is 0 Å². The van der Waals surface area contributed by atoms with Gasteiger partial charge in [0.1, 0.15) is 5.82 Å². The standard InChI is InChI=1S/C25H31N5/c1-3-18-4-10-21(11-5-18)25-24(20-8-6-19(16-26)7-9-20)28-23(17-29(25)2)30-14-12-22(27)13-15-30/h4-11,17,22,24-25,28H,3,12-15,27H2,1-2H3. The number of likely N-dealkylation sites (N-methyl/N-ethyl adjacent to an activating group) is 1. The molecule has 30 heavy (non-hydrogen) atoms. The minimum atomic E-state index is 0.0887. The van der Waals surface area contributed by atoms with Gasteiger partial charge in [0.2, 0.25) is 0 Å². The van der Waals surface area contributed by atoms with Crippen LogP contribution in [0.1, 0.15) is 54.1 Å². The molecule has 5 nitrogen and oxygen atoms in total. The lowest BCUT2D eigenvalue weighted by atomic mass is 9.90. The van der Waals surface area contributed by atoms with Crippen molar-refractivity contribution in [3.8, 4) is 6.07 Å². The van der Waals surface area contributed by atoms with Gasteiger partial charge < -0.3 is 20.9 Å². The average molecular weight is 402 g/mol. The molecule has 0 aliphatic carbocycles. The molecule has 0 bridgehead atoms. The first kappa shape index (κ1) is 20.3. The molecule has 2 aromatic carbocycles. The van der Waals surface area contributed by atoms with E-state index in [1.165, 1.54) is 16.7 Å². The zero-order valence-electron chi connectivity index (χ0n) is 17.9. The summed E-state index contributed by atoms with van der Waals surface area (Å²) in [7, 11) is 2.16. The second-order valence-corrected chi connectivity index (χ2v) is 8.40. The lowest BCUT2D eigenvalue weighted by molar-refractivity contribution is 0.178. The van der Waals surface area contributed by atoms with E-state index in [1.54, 1.807) is 0 Å². The Kier molecular flexibility index (Phi) is 5.96.